The maximum absolute atomic E-state index is 12.3. The summed E-state index contributed by atoms with van der Waals surface area (Å²) in [7, 11) is 0. The van der Waals surface area contributed by atoms with Gasteiger partial charge >= 0.3 is 5.63 Å². The number of hydrogen-bond donors (Lipinski definition) is 0. The van der Waals surface area contributed by atoms with Crippen molar-refractivity contribution < 1.29 is 4.42 Å². The molecule has 0 aliphatic carbocycles. The molecule has 0 saturated carbocycles. The van der Waals surface area contributed by atoms with Crippen LogP contribution in [-0.2, 0) is 0 Å². The Kier molecular flexibility index (Phi) is 2.66. The van der Waals surface area contributed by atoms with Crippen LogP contribution < -0.4 is 5.63 Å². The Bertz CT molecular complexity index is 1070. The second-order valence-corrected chi connectivity index (χ2v) is 5.39. The number of benzene rings is 2. The largest absolute Gasteiger partial charge is 0.422 e. The molecule has 22 heavy (non-hydrogen) atoms. The van der Waals surface area contributed by atoms with E-state index in [-0.39, 0.29) is 5.63 Å². The molecule has 4 heteroatoms. The van der Waals surface area contributed by atoms with Gasteiger partial charge in [0.1, 0.15) is 11.0 Å². The molecule has 2 aromatic heterocycles. The van der Waals surface area contributed by atoms with E-state index in [1.165, 1.54) is 0 Å². The molecule has 0 atom stereocenters. The van der Waals surface area contributed by atoms with Gasteiger partial charge in [0.2, 0.25) is 0 Å². The standard InChI is InChI=1S/C18H14N2O2/c1-11-7-3-5-9-14(11)20-17-13-8-4-6-10-15(13)22-18(21)16(17)12(2)19-20/h3-10H,1-2H3. The minimum atomic E-state index is -0.342. The Hall–Kier alpha value is -2.88. The molecule has 0 unspecified atom stereocenters. The normalized spacial score (nSPS) is 11.4. The molecule has 0 aliphatic rings. The molecule has 2 aromatic carbocycles. The lowest BCUT2D eigenvalue weighted by atomic mass is 10.1. The summed E-state index contributed by atoms with van der Waals surface area (Å²) in [6.07, 6.45) is 0. The number of rotatable bonds is 1. The summed E-state index contributed by atoms with van der Waals surface area (Å²) in [5.41, 5.74) is 3.79. The van der Waals surface area contributed by atoms with Crippen LogP contribution in [0.5, 0.6) is 0 Å². The van der Waals surface area contributed by atoms with Crippen LogP contribution >= 0.6 is 0 Å². The first kappa shape index (κ1) is 12.8. The quantitative estimate of drug-likeness (QED) is 0.502. The fraction of sp³-hybridized carbons (Fsp3) is 0.111. The number of para-hydroxylation sites is 2. The van der Waals surface area contributed by atoms with Crippen molar-refractivity contribution in [3.8, 4) is 5.69 Å². The zero-order valence-corrected chi connectivity index (χ0v) is 12.3. The van der Waals surface area contributed by atoms with Crippen molar-refractivity contribution in [2.45, 2.75) is 13.8 Å². The van der Waals surface area contributed by atoms with E-state index >= 15 is 0 Å². The molecule has 4 aromatic rings. The Morgan fingerprint density at radius 3 is 2.55 bits per heavy atom. The van der Waals surface area contributed by atoms with Gasteiger partial charge in [-0.25, -0.2) is 9.48 Å². The van der Waals surface area contributed by atoms with Gasteiger partial charge in [-0.05, 0) is 37.6 Å². The van der Waals surface area contributed by atoms with Gasteiger partial charge in [0, 0.05) is 5.39 Å². The van der Waals surface area contributed by atoms with E-state index in [9.17, 15) is 4.79 Å². The third kappa shape index (κ3) is 1.70. The molecule has 0 spiro atoms. The Labute approximate surface area is 126 Å². The molecule has 0 amide bonds. The second kappa shape index (κ2) is 4.56. The molecule has 108 valence electrons. The van der Waals surface area contributed by atoms with Crippen molar-refractivity contribution in [2.24, 2.45) is 0 Å². The van der Waals surface area contributed by atoms with Crippen LogP contribution in [-0.4, -0.2) is 9.78 Å². The predicted molar refractivity (Wildman–Crippen MR) is 86.6 cm³/mol. The van der Waals surface area contributed by atoms with Crippen LogP contribution in [0.3, 0.4) is 0 Å². The van der Waals surface area contributed by atoms with E-state index in [0.717, 1.165) is 22.2 Å². The van der Waals surface area contributed by atoms with Gasteiger partial charge in [-0.2, -0.15) is 5.10 Å². The molecule has 0 radical (unpaired) electrons. The van der Waals surface area contributed by atoms with Gasteiger partial charge in [-0.3, -0.25) is 0 Å². The number of aromatic nitrogens is 2. The van der Waals surface area contributed by atoms with Crippen molar-refractivity contribution >= 4 is 21.9 Å². The first-order chi connectivity index (χ1) is 10.7. The summed E-state index contributed by atoms with van der Waals surface area (Å²) in [6.45, 7) is 3.87. The van der Waals surface area contributed by atoms with Crippen LogP contribution in [0.2, 0.25) is 0 Å². The van der Waals surface area contributed by atoms with Crippen LogP contribution in [0.15, 0.2) is 57.7 Å². The minimum absolute atomic E-state index is 0.342. The molecule has 0 saturated heterocycles. The Morgan fingerprint density at radius 2 is 1.73 bits per heavy atom. The molecular formula is C18H14N2O2. The Balaban J connectivity index is 2.26. The van der Waals surface area contributed by atoms with Gasteiger partial charge < -0.3 is 4.42 Å². The summed E-state index contributed by atoms with van der Waals surface area (Å²) in [5.74, 6) is 0. The average molecular weight is 290 g/mol. The van der Waals surface area contributed by atoms with E-state index in [0.29, 0.717) is 16.7 Å². The molecule has 0 N–H and O–H groups in total. The molecule has 4 nitrogen and oxygen atoms in total. The zero-order chi connectivity index (χ0) is 15.3. The third-order valence-corrected chi connectivity index (χ3v) is 3.95. The monoisotopic (exact) mass is 290 g/mol. The average Bonchev–Trinajstić information content (AvgIpc) is 2.86. The topological polar surface area (TPSA) is 48.0 Å². The second-order valence-electron chi connectivity index (χ2n) is 5.39. The SMILES string of the molecule is Cc1ccccc1-n1nc(C)c2c(=O)oc3ccccc3c21. The highest BCUT2D eigenvalue weighted by atomic mass is 16.4. The summed E-state index contributed by atoms with van der Waals surface area (Å²) in [6, 6.07) is 15.6. The molecular weight excluding hydrogens is 276 g/mol. The maximum Gasteiger partial charge on any atom is 0.347 e. The highest BCUT2D eigenvalue weighted by Gasteiger charge is 2.17. The van der Waals surface area contributed by atoms with E-state index in [1.807, 2.05) is 61.0 Å². The summed E-state index contributed by atoms with van der Waals surface area (Å²) in [4.78, 5) is 12.3. The predicted octanol–water partition coefficient (Wildman–Crippen LogP) is 3.75. The molecule has 4 rings (SSSR count). The highest BCUT2D eigenvalue weighted by molar-refractivity contribution is 6.03. The maximum atomic E-state index is 12.3. The lowest BCUT2D eigenvalue weighted by Crippen LogP contribution is -2.02. The fourth-order valence-corrected chi connectivity index (χ4v) is 2.90. The number of hydrogen-bond acceptors (Lipinski definition) is 3. The molecule has 2 heterocycles. The number of fused-ring (bicyclic) bond motifs is 3. The smallest absolute Gasteiger partial charge is 0.347 e. The summed E-state index contributed by atoms with van der Waals surface area (Å²) >= 11 is 0. The van der Waals surface area contributed by atoms with Crippen molar-refractivity contribution in [3.05, 3.63) is 70.2 Å². The van der Waals surface area contributed by atoms with Crippen molar-refractivity contribution in [3.63, 3.8) is 0 Å². The lowest BCUT2D eigenvalue weighted by Gasteiger charge is -2.08. The van der Waals surface area contributed by atoms with Crippen LogP contribution in [0.4, 0.5) is 0 Å². The van der Waals surface area contributed by atoms with Crippen molar-refractivity contribution in [1.29, 1.82) is 0 Å². The van der Waals surface area contributed by atoms with E-state index in [1.54, 1.807) is 6.07 Å². The minimum Gasteiger partial charge on any atom is -0.422 e. The van der Waals surface area contributed by atoms with Gasteiger partial charge in [-0.1, -0.05) is 30.3 Å². The van der Waals surface area contributed by atoms with Crippen molar-refractivity contribution in [2.75, 3.05) is 0 Å². The van der Waals surface area contributed by atoms with Gasteiger partial charge in [-0.15, -0.1) is 0 Å². The lowest BCUT2D eigenvalue weighted by molar-refractivity contribution is 0.569. The Morgan fingerprint density at radius 1 is 1.00 bits per heavy atom. The van der Waals surface area contributed by atoms with Crippen LogP contribution in [0.25, 0.3) is 27.6 Å². The summed E-state index contributed by atoms with van der Waals surface area (Å²) < 4.78 is 7.27. The molecule has 0 aliphatic heterocycles. The van der Waals surface area contributed by atoms with Crippen molar-refractivity contribution in [1.82, 2.24) is 9.78 Å². The van der Waals surface area contributed by atoms with E-state index in [2.05, 4.69) is 5.10 Å². The summed E-state index contributed by atoms with van der Waals surface area (Å²) in [5, 5.41) is 6.02. The fourth-order valence-electron chi connectivity index (χ4n) is 2.90. The third-order valence-electron chi connectivity index (χ3n) is 3.95. The van der Waals surface area contributed by atoms with E-state index in [4.69, 9.17) is 4.42 Å². The first-order valence-electron chi connectivity index (χ1n) is 7.14. The number of nitrogens with zero attached hydrogens (tertiary/aromatic N) is 2. The van der Waals surface area contributed by atoms with E-state index < -0.39 is 0 Å². The molecule has 0 bridgehead atoms. The first-order valence-corrected chi connectivity index (χ1v) is 7.14. The van der Waals surface area contributed by atoms with Crippen LogP contribution in [0.1, 0.15) is 11.3 Å². The van der Waals surface area contributed by atoms with Gasteiger partial charge in [0.05, 0.1) is 16.9 Å². The van der Waals surface area contributed by atoms with Gasteiger partial charge in [0.25, 0.3) is 0 Å². The van der Waals surface area contributed by atoms with Crippen LogP contribution in [0, 0.1) is 13.8 Å². The number of aryl methyl sites for hydroxylation is 2. The highest BCUT2D eigenvalue weighted by Crippen LogP contribution is 2.27. The van der Waals surface area contributed by atoms with Gasteiger partial charge in [0.15, 0.2) is 0 Å². The zero-order valence-electron chi connectivity index (χ0n) is 12.3. The molecule has 0 fully saturated rings.